The Morgan fingerprint density at radius 3 is 2.80 bits per heavy atom. The highest BCUT2D eigenvalue weighted by Crippen LogP contribution is 2.24. The van der Waals surface area contributed by atoms with Gasteiger partial charge in [0, 0.05) is 18.5 Å². The molecule has 0 aliphatic carbocycles. The third kappa shape index (κ3) is 6.18. The van der Waals surface area contributed by atoms with Crippen LogP contribution in [0.5, 0.6) is 0 Å². The molecule has 0 spiro atoms. The maximum Gasteiger partial charge on any atom is 0.414 e. The lowest BCUT2D eigenvalue weighted by Gasteiger charge is -2.14. The van der Waals surface area contributed by atoms with Crippen LogP contribution in [0, 0.1) is 5.82 Å². The van der Waals surface area contributed by atoms with Gasteiger partial charge in [-0.1, -0.05) is 17.7 Å². The number of hydrogen-bond acceptors (Lipinski definition) is 6. The number of carbonyl (C=O) groups is 3. The van der Waals surface area contributed by atoms with Crippen molar-refractivity contribution in [3.8, 4) is 0 Å². The molecule has 4 rings (SSSR count). The molecule has 3 amide bonds. The fourth-order valence-electron chi connectivity index (χ4n) is 3.26. The Morgan fingerprint density at radius 1 is 1.23 bits per heavy atom. The molecular weight excluding hydrogens is 477 g/mol. The normalized spacial score (nSPS) is 15.2. The SMILES string of the molecule is O=C(/C=C/c1cccnc1)NC[C@H]1CN(c2ccc(C(=O)Nc3ccc(Cl)nc3)c(F)c2)C(=O)O1. The maximum absolute atomic E-state index is 14.7. The van der Waals surface area contributed by atoms with Crippen LogP contribution in [0.2, 0.25) is 5.15 Å². The number of cyclic esters (lactones) is 1. The number of halogens is 2. The summed E-state index contributed by atoms with van der Waals surface area (Å²) >= 11 is 5.71. The Kier molecular flexibility index (Phi) is 7.32. The zero-order chi connectivity index (χ0) is 24.8. The second kappa shape index (κ2) is 10.7. The zero-order valence-corrected chi connectivity index (χ0v) is 18.9. The summed E-state index contributed by atoms with van der Waals surface area (Å²) in [6.07, 6.45) is 6.25. The van der Waals surface area contributed by atoms with Gasteiger partial charge < -0.3 is 15.4 Å². The molecule has 0 bridgehead atoms. The number of amides is 3. The average molecular weight is 496 g/mol. The summed E-state index contributed by atoms with van der Waals surface area (Å²) in [6, 6.07) is 10.4. The Morgan fingerprint density at radius 2 is 2.09 bits per heavy atom. The van der Waals surface area contributed by atoms with E-state index in [-0.39, 0.29) is 35.4 Å². The molecule has 1 aliphatic heterocycles. The predicted molar refractivity (Wildman–Crippen MR) is 127 cm³/mol. The molecule has 0 unspecified atom stereocenters. The molecule has 3 aromatic rings. The molecule has 2 N–H and O–H groups in total. The molecule has 1 atom stereocenters. The molecule has 1 saturated heterocycles. The van der Waals surface area contributed by atoms with E-state index in [2.05, 4.69) is 20.6 Å². The van der Waals surface area contributed by atoms with Crippen LogP contribution < -0.4 is 15.5 Å². The Hall–Kier alpha value is -4.31. The summed E-state index contributed by atoms with van der Waals surface area (Å²) in [5.74, 6) is -1.85. The molecule has 1 aliphatic rings. The van der Waals surface area contributed by atoms with Gasteiger partial charge in [0.1, 0.15) is 17.1 Å². The minimum absolute atomic E-state index is 0.0799. The molecule has 1 fully saturated rings. The number of anilines is 2. The van der Waals surface area contributed by atoms with Crippen LogP contribution in [-0.2, 0) is 9.53 Å². The standard InChI is InChI=1S/C24H19ClFN5O4/c25-21-7-4-16(12-28-21)30-23(33)19-6-5-17(10-20(19)26)31-14-18(35-24(31)34)13-29-22(32)8-3-15-2-1-9-27-11-15/h1-12,18H,13-14H2,(H,29,32)(H,30,33)/b8-3+/t18-/m0/s1. The second-order valence-electron chi connectivity index (χ2n) is 7.47. The van der Waals surface area contributed by atoms with Gasteiger partial charge in [-0.3, -0.25) is 19.5 Å². The zero-order valence-electron chi connectivity index (χ0n) is 18.2. The lowest BCUT2D eigenvalue weighted by Crippen LogP contribution is -2.33. The van der Waals surface area contributed by atoms with Crippen molar-refractivity contribution in [3.63, 3.8) is 0 Å². The number of benzene rings is 1. The van der Waals surface area contributed by atoms with Crippen molar-refractivity contribution in [1.82, 2.24) is 15.3 Å². The maximum atomic E-state index is 14.7. The van der Waals surface area contributed by atoms with Crippen molar-refractivity contribution in [2.24, 2.45) is 0 Å². The first-order valence-corrected chi connectivity index (χ1v) is 10.8. The summed E-state index contributed by atoms with van der Waals surface area (Å²) in [5, 5.41) is 5.44. The first kappa shape index (κ1) is 23.8. The quantitative estimate of drug-likeness (QED) is 0.382. The lowest BCUT2D eigenvalue weighted by atomic mass is 10.1. The molecule has 0 saturated carbocycles. The van der Waals surface area contributed by atoms with Crippen molar-refractivity contribution < 1.29 is 23.5 Å². The molecular formula is C24H19ClFN5O4. The van der Waals surface area contributed by atoms with E-state index in [1.807, 2.05) is 0 Å². The third-order valence-electron chi connectivity index (χ3n) is 4.98. The number of nitrogens with zero attached hydrogens (tertiary/aromatic N) is 3. The number of pyridine rings is 2. The highest BCUT2D eigenvalue weighted by molar-refractivity contribution is 6.29. The van der Waals surface area contributed by atoms with Gasteiger partial charge >= 0.3 is 6.09 Å². The number of ether oxygens (including phenoxy) is 1. The molecule has 0 radical (unpaired) electrons. The first-order chi connectivity index (χ1) is 16.9. The molecule has 2 aromatic heterocycles. The van der Waals surface area contributed by atoms with Gasteiger partial charge in [-0.05, 0) is 48.0 Å². The number of nitrogens with one attached hydrogen (secondary N) is 2. The van der Waals surface area contributed by atoms with E-state index in [1.54, 1.807) is 30.6 Å². The van der Waals surface area contributed by atoms with Gasteiger partial charge in [-0.15, -0.1) is 0 Å². The van der Waals surface area contributed by atoms with Gasteiger partial charge in [0.2, 0.25) is 5.91 Å². The van der Waals surface area contributed by atoms with E-state index in [4.69, 9.17) is 16.3 Å². The molecule has 9 nitrogen and oxygen atoms in total. The van der Waals surface area contributed by atoms with Crippen molar-refractivity contribution in [2.75, 3.05) is 23.3 Å². The topological polar surface area (TPSA) is 114 Å². The van der Waals surface area contributed by atoms with Crippen LogP contribution in [-0.4, -0.2) is 47.1 Å². The van der Waals surface area contributed by atoms with Crippen molar-refractivity contribution in [2.45, 2.75) is 6.10 Å². The largest absolute Gasteiger partial charge is 0.442 e. The van der Waals surface area contributed by atoms with Crippen LogP contribution in [0.1, 0.15) is 15.9 Å². The molecule has 1 aromatic carbocycles. The minimum atomic E-state index is -0.813. The van der Waals surface area contributed by atoms with Crippen LogP contribution in [0.4, 0.5) is 20.6 Å². The van der Waals surface area contributed by atoms with Crippen LogP contribution in [0.3, 0.4) is 0 Å². The monoisotopic (exact) mass is 495 g/mol. The van der Waals surface area contributed by atoms with Crippen molar-refractivity contribution in [3.05, 3.63) is 89.2 Å². The summed E-state index contributed by atoms with van der Waals surface area (Å²) in [6.45, 7) is 0.184. The molecule has 35 heavy (non-hydrogen) atoms. The van der Waals surface area contributed by atoms with E-state index in [0.29, 0.717) is 5.69 Å². The van der Waals surface area contributed by atoms with E-state index in [1.165, 1.54) is 41.4 Å². The van der Waals surface area contributed by atoms with Crippen LogP contribution >= 0.6 is 11.6 Å². The number of aromatic nitrogens is 2. The summed E-state index contributed by atoms with van der Waals surface area (Å²) in [5.41, 5.74) is 1.14. The van der Waals surface area contributed by atoms with Crippen LogP contribution in [0.15, 0.2) is 67.1 Å². The molecule has 11 heteroatoms. The molecule has 3 heterocycles. The Bertz CT molecular complexity index is 1270. The minimum Gasteiger partial charge on any atom is -0.442 e. The summed E-state index contributed by atoms with van der Waals surface area (Å²) < 4.78 is 19.9. The smallest absolute Gasteiger partial charge is 0.414 e. The highest BCUT2D eigenvalue weighted by atomic mass is 35.5. The third-order valence-corrected chi connectivity index (χ3v) is 5.21. The predicted octanol–water partition coefficient (Wildman–Crippen LogP) is 3.68. The fraction of sp³-hybridized carbons (Fsp3) is 0.125. The van der Waals surface area contributed by atoms with E-state index in [9.17, 15) is 18.8 Å². The number of carbonyl (C=O) groups excluding carboxylic acids is 3. The second-order valence-corrected chi connectivity index (χ2v) is 7.86. The van der Waals surface area contributed by atoms with Gasteiger partial charge in [-0.2, -0.15) is 0 Å². The van der Waals surface area contributed by atoms with Crippen LogP contribution in [0.25, 0.3) is 6.08 Å². The number of rotatable bonds is 7. The summed E-state index contributed by atoms with van der Waals surface area (Å²) in [4.78, 5) is 45.8. The van der Waals surface area contributed by atoms with Crippen molar-refractivity contribution in [1.29, 1.82) is 0 Å². The molecule has 178 valence electrons. The van der Waals surface area contributed by atoms with Gasteiger partial charge in [0.15, 0.2) is 0 Å². The highest BCUT2D eigenvalue weighted by Gasteiger charge is 2.33. The fourth-order valence-corrected chi connectivity index (χ4v) is 3.37. The Balaban J connectivity index is 1.33. The van der Waals surface area contributed by atoms with Gasteiger partial charge in [0.25, 0.3) is 5.91 Å². The first-order valence-electron chi connectivity index (χ1n) is 10.5. The van der Waals surface area contributed by atoms with Crippen molar-refractivity contribution >= 4 is 47.0 Å². The Labute approximate surface area is 204 Å². The lowest BCUT2D eigenvalue weighted by molar-refractivity contribution is -0.116. The van der Waals surface area contributed by atoms with E-state index < -0.39 is 23.9 Å². The van der Waals surface area contributed by atoms with E-state index in [0.717, 1.165) is 11.6 Å². The summed E-state index contributed by atoms with van der Waals surface area (Å²) in [7, 11) is 0. The number of hydrogen-bond donors (Lipinski definition) is 2. The van der Waals surface area contributed by atoms with Gasteiger partial charge in [0.05, 0.1) is 36.2 Å². The average Bonchev–Trinajstić information content (AvgIpc) is 3.23. The van der Waals surface area contributed by atoms with E-state index >= 15 is 0 Å². The van der Waals surface area contributed by atoms with Gasteiger partial charge in [-0.25, -0.2) is 14.2 Å².